The number of pyridine rings is 1. The van der Waals surface area contributed by atoms with Crippen molar-refractivity contribution in [2.75, 3.05) is 6.61 Å². The fourth-order valence-corrected chi connectivity index (χ4v) is 2.42. The maximum Gasteiger partial charge on any atom is 0.347 e. The molecule has 0 aliphatic heterocycles. The van der Waals surface area contributed by atoms with Crippen molar-refractivity contribution in [3.8, 4) is 0 Å². The second kappa shape index (κ2) is 8.40. The molecule has 0 spiro atoms. The first-order chi connectivity index (χ1) is 12.1. The van der Waals surface area contributed by atoms with E-state index in [1.807, 2.05) is 0 Å². The van der Waals surface area contributed by atoms with Crippen LogP contribution in [-0.2, 0) is 11.3 Å². The molecule has 26 heavy (non-hydrogen) atoms. The number of carbonyl (C=O) groups is 2. The lowest BCUT2D eigenvalue weighted by molar-refractivity contribution is -0.683. The zero-order valence-electron chi connectivity index (χ0n) is 14.0. The monoisotopic (exact) mass is 373 g/mol. The summed E-state index contributed by atoms with van der Waals surface area (Å²) >= 11 is 0. The van der Waals surface area contributed by atoms with E-state index in [9.17, 15) is 14.4 Å². The minimum atomic E-state index is -0.660. The first-order valence-electron chi connectivity index (χ1n) is 7.81. The number of hydrogen-bond donors (Lipinski definition) is 0. The minimum absolute atomic E-state index is 0. The number of esters is 1. The van der Waals surface area contributed by atoms with Gasteiger partial charge < -0.3 is 21.6 Å². The summed E-state index contributed by atoms with van der Waals surface area (Å²) < 4.78 is 11.7. The highest BCUT2D eigenvalue weighted by Crippen LogP contribution is 2.12. The van der Waals surface area contributed by atoms with Gasteiger partial charge in [0.05, 0.1) is 12.2 Å². The molecule has 0 aliphatic rings. The summed E-state index contributed by atoms with van der Waals surface area (Å²) in [7, 11) is 0. The highest BCUT2D eigenvalue weighted by molar-refractivity contribution is 5.97. The molecule has 2 aromatic heterocycles. The van der Waals surface area contributed by atoms with E-state index in [0.29, 0.717) is 23.1 Å². The first kappa shape index (κ1) is 19.3. The smallest absolute Gasteiger partial charge is 0.347 e. The maximum atomic E-state index is 12.4. The Bertz CT molecular complexity index is 995. The van der Waals surface area contributed by atoms with Gasteiger partial charge in [-0.3, -0.25) is 4.79 Å². The third-order valence-corrected chi connectivity index (χ3v) is 3.67. The number of aromatic nitrogens is 1. The highest BCUT2D eigenvalue weighted by atomic mass is 35.5. The van der Waals surface area contributed by atoms with Crippen LogP contribution in [0.3, 0.4) is 0 Å². The van der Waals surface area contributed by atoms with Crippen LogP contribution in [0.5, 0.6) is 0 Å². The van der Waals surface area contributed by atoms with Crippen LogP contribution >= 0.6 is 0 Å². The number of halogens is 1. The van der Waals surface area contributed by atoms with Crippen LogP contribution in [0.15, 0.2) is 64.1 Å². The molecule has 134 valence electrons. The Hall–Kier alpha value is -2.99. The summed E-state index contributed by atoms with van der Waals surface area (Å²) in [5, 5.41) is 0.688. The van der Waals surface area contributed by atoms with Crippen molar-refractivity contribution in [2.24, 2.45) is 0 Å². The fourth-order valence-electron chi connectivity index (χ4n) is 2.42. The third kappa shape index (κ3) is 4.15. The van der Waals surface area contributed by atoms with E-state index in [1.54, 1.807) is 60.3 Å². The molecule has 3 aromatic rings. The van der Waals surface area contributed by atoms with E-state index in [1.165, 1.54) is 6.07 Å². The summed E-state index contributed by atoms with van der Waals surface area (Å²) in [5.41, 5.74) is 0.180. The van der Waals surface area contributed by atoms with Crippen LogP contribution in [0.4, 0.5) is 0 Å². The van der Waals surface area contributed by atoms with Crippen LogP contribution < -0.4 is 22.6 Å². The first-order valence-corrected chi connectivity index (χ1v) is 7.81. The van der Waals surface area contributed by atoms with Gasteiger partial charge >= 0.3 is 11.6 Å². The molecule has 0 unspecified atom stereocenters. The highest BCUT2D eigenvalue weighted by Gasteiger charge is 2.18. The van der Waals surface area contributed by atoms with Crippen LogP contribution in [0.2, 0.25) is 0 Å². The summed E-state index contributed by atoms with van der Waals surface area (Å²) in [6.45, 7) is 1.99. The van der Waals surface area contributed by atoms with Crippen LogP contribution in [-0.4, -0.2) is 18.4 Å². The van der Waals surface area contributed by atoms with Crippen molar-refractivity contribution in [1.29, 1.82) is 0 Å². The minimum Gasteiger partial charge on any atom is -1.00 e. The second-order valence-corrected chi connectivity index (χ2v) is 5.39. The van der Waals surface area contributed by atoms with Crippen molar-refractivity contribution < 1.29 is 35.7 Å². The number of nitrogens with zero attached hydrogens (tertiary/aromatic N) is 1. The molecular weight excluding hydrogens is 358 g/mol. The van der Waals surface area contributed by atoms with Gasteiger partial charge in [0.2, 0.25) is 12.3 Å². The summed E-state index contributed by atoms with van der Waals surface area (Å²) in [6, 6.07) is 11.7. The number of ether oxygens (including phenoxy) is 1. The lowest BCUT2D eigenvalue weighted by Crippen LogP contribution is -3.00. The van der Waals surface area contributed by atoms with E-state index in [2.05, 4.69) is 0 Å². The van der Waals surface area contributed by atoms with Crippen LogP contribution in [0, 0.1) is 0 Å². The molecular formula is C19H16ClNO5. The zero-order chi connectivity index (χ0) is 17.8. The number of fused-ring (bicyclic) bond motifs is 1. The van der Waals surface area contributed by atoms with Gasteiger partial charge in [-0.2, -0.15) is 4.57 Å². The summed E-state index contributed by atoms with van der Waals surface area (Å²) in [4.78, 5) is 36.1. The molecule has 0 fully saturated rings. The van der Waals surface area contributed by atoms with Gasteiger partial charge in [0.1, 0.15) is 11.1 Å². The van der Waals surface area contributed by atoms with Crippen LogP contribution in [0.25, 0.3) is 11.0 Å². The molecule has 2 heterocycles. The number of hydrogen-bond acceptors (Lipinski definition) is 5. The van der Waals surface area contributed by atoms with Gasteiger partial charge in [-0.25, -0.2) is 9.59 Å². The van der Waals surface area contributed by atoms with Crippen LogP contribution in [0.1, 0.15) is 27.6 Å². The van der Waals surface area contributed by atoms with E-state index < -0.39 is 11.6 Å². The molecule has 0 aliphatic carbocycles. The summed E-state index contributed by atoms with van der Waals surface area (Å²) in [5.74, 6) is -0.787. The number of ketones is 1. The maximum absolute atomic E-state index is 12.4. The number of carbonyl (C=O) groups excluding carboxylic acids is 2. The van der Waals surface area contributed by atoms with E-state index in [0.717, 1.165) is 0 Å². The quantitative estimate of drug-likeness (QED) is 0.252. The Morgan fingerprint density at radius 2 is 1.81 bits per heavy atom. The van der Waals surface area contributed by atoms with E-state index in [-0.39, 0.29) is 30.3 Å². The third-order valence-electron chi connectivity index (χ3n) is 3.67. The molecule has 3 rings (SSSR count). The fraction of sp³-hybridized carbons (Fsp3) is 0.158. The van der Waals surface area contributed by atoms with Gasteiger partial charge in [-0.15, -0.1) is 0 Å². The van der Waals surface area contributed by atoms with Gasteiger partial charge in [0.25, 0.3) is 0 Å². The SMILES string of the molecule is CCOC(=O)c1cc[n+](CC(=O)c2cc3ccccc3oc2=O)cc1.[Cl-]. The molecule has 1 aromatic carbocycles. The Morgan fingerprint density at radius 3 is 2.50 bits per heavy atom. The Labute approximate surface area is 155 Å². The van der Waals surface area contributed by atoms with Crippen molar-refractivity contribution in [3.05, 3.63) is 76.4 Å². The molecule has 7 heteroatoms. The number of para-hydroxylation sites is 1. The largest absolute Gasteiger partial charge is 1.00 e. The number of rotatable bonds is 5. The summed E-state index contributed by atoms with van der Waals surface area (Å²) in [6.07, 6.45) is 3.18. The van der Waals surface area contributed by atoms with E-state index in [4.69, 9.17) is 9.15 Å². The molecule has 0 atom stereocenters. The lowest BCUT2D eigenvalue weighted by Gasteiger charge is -2.02. The lowest BCUT2D eigenvalue weighted by atomic mass is 10.1. The predicted octanol–water partition coefficient (Wildman–Crippen LogP) is -0.856. The van der Waals surface area contributed by atoms with Crippen molar-refractivity contribution in [2.45, 2.75) is 13.5 Å². The van der Waals surface area contributed by atoms with Gasteiger partial charge in [-0.05, 0) is 19.1 Å². The molecule has 6 nitrogen and oxygen atoms in total. The zero-order valence-corrected chi connectivity index (χ0v) is 14.7. The molecule has 0 bridgehead atoms. The predicted molar refractivity (Wildman–Crippen MR) is 89.4 cm³/mol. The molecule has 0 saturated heterocycles. The van der Waals surface area contributed by atoms with Crippen molar-refractivity contribution >= 4 is 22.7 Å². The average molecular weight is 374 g/mol. The van der Waals surface area contributed by atoms with E-state index >= 15 is 0 Å². The Balaban J connectivity index is 0.00000243. The second-order valence-electron chi connectivity index (χ2n) is 5.39. The van der Waals surface area contributed by atoms with Crippen molar-refractivity contribution in [1.82, 2.24) is 0 Å². The Kier molecular flexibility index (Phi) is 6.25. The van der Waals surface area contributed by atoms with Gasteiger partial charge in [0.15, 0.2) is 12.4 Å². The number of Topliss-reactive ketones (excluding diaryl/α,β-unsaturated/α-hetero) is 1. The normalized spacial score (nSPS) is 10.2. The standard InChI is InChI=1S/C19H16NO5.ClH/c1-2-24-18(22)13-7-9-20(10-8-13)12-16(21)15-11-14-5-3-4-6-17(14)25-19(15)23;/h3-11H,2,12H2,1H3;1H/q+1;/p-1. The van der Waals surface area contributed by atoms with Gasteiger partial charge in [-0.1, -0.05) is 18.2 Å². The molecule has 0 amide bonds. The molecule has 0 saturated carbocycles. The molecule has 0 N–H and O–H groups in total. The Morgan fingerprint density at radius 1 is 1.12 bits per heavy atom. The van der Waals surface area contributed by atoms with Crippen molar-refractivity contribution in [3.63, 3.8) is 0 Å². The molecule has 0 radical (unpaired) electrons. The topological polar surface area (TPSA) is 77.5 Å². The average Bonchev–Trinajstić information content (AvgIpc) is 2.62. The van der Waals surface area contributed by atoms with Gasteiger partial charge in [0, 0.05) is 17.5 Å². The number of benzene rings is 1.